The molecule has 2 aliphatic heterocycles. The number of hydrogen-bond donors (Lipinski definition) is 1. The van der Waals surface area contributed by atoms with Crippen LogP contribution in [0.3, 0.4) is 0 Å². The molecule has 1 aromatic heterocycles. The number of aromatic nitrogens is 2. The largest absolute Gasteiger partial charge is 0.414 e. The fraction of sp³-hybridized carbons (Fsp3) is 0.826. The predicted octanol–water partition coefficient (Wildman–Crippen LogP) is 2.84. The van der Waals surface area contributed by atoms with Crippen molar-refractivity contribution in [1.29, 1.82) is 0 Å². The minimum atomic E-state index is -2.93. The number of aliphatic hydroxyl groups excluding tert-OH is 1. The Kier molecular flexibility index (Phi) is 7.89. The van der Waals surface area contributed by atoms with E-state index in [0.717, 1.165) is 4.57 Å². The summed E-state index contributed by atoms with van der Waals surface area (Å²) in [6.45, 7) is 17.3. The van der Waals surface area contributed by atoms with Gasteiger partial charge in [-0.2, -0.15) is 0 Å². The summed E-state index contributed by atoms with van der Waals surface area (Å²) in [5.74, 6) is 0. The Bertz CT molecular complexity index is 988. The van der Waals surface area contributed by atoms with Gasteiger partial charge in [0.05, 0.1) is 12.2 Å². The Morgan fingerprint density at radius 3 is 1.97 bits per heavy atom. The molecule has 0 spiro atoms. The van der Waals surface area contributed by atoms with Crippen LogP contribution in [0.25, 0.3) is 0 Å². The maximum absolute atomic E-state index is 12.9. The van der Waals surface area contributed by atoms with Crippen molar-refractivity contribution in [3.05, 3.63) is 32.6 Å². The van der Waals surface area contributed by atoms with Crippen molar-refractivity contribution in [2.24, 2.45) is 14.1 Å². The first-order valence-corrected chi connectivity index (χ1v) is 16.3. The molecular formula is C23H42N2O7Si2. The van der Waals surface area contributed by atoms with E-state index in [4.69, 9.17) is 17.7 Å². The molecule has 0 bridgehead atoms. The molecule has 1 aromatic rings. The van der Waals surface area contributed by atoms with Crippen LogP contribution in [0.5, 0.6) is 0 Å². The lowest BCUT2D eigenvalue weighted by atomic mass is 10.0. The third-order valence-electron chi connectivity index (χ3n) is 7.45. The first-order chi connectivity index (χ1) is 15.7. The summed E-state index contributed by atoms with van der Waals surface area (Å²) >= 11 is 0. The van der Waals surface area contributed by atoms with Gasteiger partial charge in [-0.3, -0.25) is 9.36 Å². The average Bonchev–Trinajstić information content (AvgIpc) is 3.03. The number of fused-ring (bicyclic) bond motifs is 1. The highest BCUT2D eigenvalue weighted by atomic mass is 28.5. The van der Waals surface area contributed by atoms with Crippen LogP contribution in [0.1, 0.15) is 67.1 Å². The summed E-state index contributed by atoms with van der Waals surface area (Å²) < 4.78 is 29.4. The molecule has 3 heterocycles. The quantitative estimate of drug-likeness (QED) is 0.603. The van der Waals surface area contributed by atoms with Crippen molar-refractivity contribution in [2.75, 3.05) is 6.61 Å². The molecule has 1 N–H and O–H groups in total. The lowest BCUT2D eigenvalue weighted by Crippen LogP contribution is -2.65. The van der Waals surface area contributed by atoms with Gasteiger partial charge in [-0.1, -0.05) is 55.4 Å². The normalized spacial score (nSPS) is 29.0. The minimum absolute atomic E-state index is 0.107. The van der Waals surface area contributed by atoms with Gasteiger partial charge in [0.2, 0.25) is 0 Å². The summed E-state index contributed by atoms with van der Waals surface area (Å²) in [7, 11) is -2.67. The van der Waals surface area contributed by atoms with Crippen LogP contribution in [-0.2, 0) is 31.8 Å². The number of ether oxygens (including phenoxy) is 1. The van der Waals surface area contributed by atoms with Crippen LogP contribution < -0.4 is 11.2 Å². The number of hydrogen-bond acceptors (Lipinski definition) is 7. The van der Waals surface area contributed by atoms with Crippen LogP contribution in [-0.4, -0.2) is 56.3 Å². The molecular weight excluding hydrogens is 472 g/mol. The zero-order valence-electron chi connectivity index (χ0n) is 22.2. The van der Waals surface area contributed by atoms with Crippen molar-refractivity contribution in [2.45, 2.75) is 102 Å². The molecule has 9 nitrogen and oxygen atoms in total. The highest BCUT2D eigenvalue weighted by Gasteiger charge is 2.61. The van der Waals surface area contributed by atoms with Crippen molar-refractivity contribution in [1.82, 2.24) is 9.13 Å². The average molecular weight is 515 g/mol. The van der Waals surface area contributed by atoms with E-state index in [1.54, 1.807) is 7.05 Å². The molecule has 2 fully saturated rings. The molecule has 2 saturated heterocycles. The Balaban J connectivity index is 2.12. The molecule has 0 aromatic carbocycles. The third-order valence-corrected chi connectivity index (χ3v) is 17.7. The summed E-state index contributed by atoms with van der Waals surface area (Å²) in [4.78, 5) is 25.1. The van der Waals surface area contributed by atoms with Crippen molar-refractivity contribution in [3.63, 3.8) is 0 Å². The highest BCUT2D eigenvalue weighted by Crippen LogP contribution is 2.48. The summed E-state index contributed by atoms with van der Waals surface area (Å²) in [5, 5.41) is 11.4. The maximum atomic E-state index is 12.9. The SMILES string of the molecule is CC(C)[Si]1(C(C)C)OC[C@H]2O[C@@H](c3cn(C)c(=O)n(C)c3=O)[C@H](O)[C@@H]2O[Si](C(C)C)(C(C)C)O1. The van der Waals surface area contributed by atoms with E-state index < -0.39 is 52.8 Å². The molecule has 194 valence electrons. The molecule has 0 unspecified atom stereocenters. The Morgan fingerprint density at radius 1 is 0.941 bits per heavy atom. The molecule has 2 aliphatic rings. The maximum Gasteiger partial charge on any atom is 0.335 e. The predicted molar refractivity (Wildman–Crippen MR) is 134 cm³/mol. The second-order valence-corrected chi connectivity index (χ2v) is 19.8. The number of nitrogens with zero attached hydrogens (tertiary/aromatic N) is 2. The van der Waals surface area contributed by atoms with Gasteiger partial charge < -0.3 is 27.4 Å². The van der Waals surface area contributed by atoms with Crippen LogP contribution in [0.15, 0.2) is 15.8 Å². The van der Waals surface area contributed by atoms with E-state index in [1.165, 1.54) is 17.8 Å². The van der Waals surface area contributed by atoms with E-state index >= 15 is 0 Å². The molecule has 0 amide bonds. The number of aryl methyl sites for hydroxylation is 1. The second kappa shape index (κ2) is 9.76. The molecule has 0 saturated carbocycles. The zero-order chi connectivity index (χ0) is 25.7. The highest BCUT2D eigenvalue weighted by molar-refractivity contribution is 6.83. The fourth-order valence-corrected chi connectivity index (χ4v) is 16.7. The first kappa shape index (κ1) is 27.5. The molecule has 4 atom stereocenters. The molecule has 0 radical (unpaired) electrons. The minimum Gasteiger partial charge on any atom is -0.414 e. The lowest BCUT2D eigenvalue weighted by molar-refractivity contribution is -0.0394. The first-order valence-electron chi connectivity index (χ1n) is 12.3. The van der Waals surface area contributed by atoms with Crippen molar-refractivity contribution in [3.8, 4) is 0 Å². The number of aliphatic hydroxyl groups is 1. The van der Waals surface area contributed by atoms with Gasteiger partial charge in [0.25, 0.3) is 5.56 Å². The van der Waals surface area contributed by atoms with Gasteiger partial charge in [-0.05, 0) is 22.2 Å². The summed E-state index contributed by atoms with van der Waals surface area (Å²) in [5.41, 5.74) is -0.0956. The second-order valence-electron chi connectivity index (χ2n) is 11.0. The molecule has 34 heavy (non-hydrogen) atoms. The van der Waals surface area contributed by atoms with Crippen LogP contribution in [0.2, 0.25) is 22.2 Å². The van der Waals surface area contributed by atoms with E-state index in [1.807, 2.05) is 0 Å². The topological polar surface area (TPSA) is 101 Å². The Labute approximate surface area is 204 Å². The molecule has 3 rings (SSSR count). The monoisotopic (exact) mass is 514 g/mol. The van der Waals surface area contributed by atoms with Gasteiger partial charge in [0.1, 0.15) is 24.4 Å². The molecule has 0 aliphatic carbocycles. The van der Waals surface area contributed by atoms with Gasteiger partial charge in [0, 0.05) is 20.3 Å². The van der Waals surface area contributed by atoms with Gasteiger partial charge in [-0.15, -0.1) is 0 Å². The van der Waals surface area contributed by atoms with Crippen LogP contribution in [0, 0.1) is 0 Å². The Hall–Kier alpha value is -1.09. The van der Waals surface area contributed by atoms with Gasteiger partial charge >= 0.3 is 22.8 Å². The lowest BCUT2D eigenvalue weighted by Gasteiger charge is -2.51. The summed E-state index contributed by atoms with van der Waals surface area (Å²) in [6, 6.07) is 0. The zero-order valence-corrected chi connectivity index (χ0v) is 24.2. The van der Waals surface area contributed by atoms with E-state index in [0.29, 0.717) is 0 Å². The van der Waals surface area contributed by atoms with Gasteiger partial charge in [-0.25, -0.2) is 4.79 Å². The van der Waals surface area contributed by atoms with Crippen LogP contribution in [0.4, 0.5) is 0 Å². The fourth-order valence-electron chi connectivity index (χ4n) is 5.44. The van der Waals surface area contributed by atoms with Crippen molar-refractivity contribution < 1.29 is 22.8 Å². The smallest absolute Gasteiger partial charge is 0.335 e. The number of rotatable bonds is 5. The third kappa shape index (κ3) is 4.33. The van der Waals surface area contributed by atoms with E-state index in [9.17, 15) is 14.7 Å². The molecule has 11 heteroatoms. The van der Waals surface area contributed by atoms with E-state index in [2.05, 4.69) is 55.4 Å². The van der Waals surface area contributed by atoms with Crippen LogP contribution >= 0.6 is 0 Å². The Morgan fingerprint density at radius 2 is 1.47 bits per heavy atom. The summed E-state index contributed by atoms with van der Waals surface area (Å²) in [6.07, 6.45) is -1.83. The van der Waals surface area contributed by atoms with E-state index in [-0.39, 0.29) is 34.3 Å². The van der Waals surface area contributed by atoms with Gasteiger partial charge in [0.15, 0.2) is 0 Å². The standard InChI is InChI=1S/C23H42N2O7Si2/c1-13(2)33(14(3)4)29-12-18-21(31-34(32-33,15(5)6)16(7)8)19(26)20(30-18)17-11-24(9)23(28)25(10)22(17)27/h11,13-16,18-21,26H,12H2,1-10H3/t18-,19+,20+,21-/m1/s1. The van der Waals surface area contributed by atoms with Crippen molar-refractivity contribution >= 4 is 17.1 Å².